The van der Waals surface area contributed by atoms with E-state index in [1.807, 2.05) is 0 Å². The molecule has 2 rings (SSSR count). The number of aromatic carboxylic acids is 1. The van der Waals surface area contributed by atoms with Crippen molar-refractivity contribution in [1.29, 1.82) is 0 Å². The fourth-order valence-electron chi connectivity index (χ4n) is 1.30. The standard InChI is InChI=1S/C11H8N2O3S2/c14-9-6-18-11(17)13(9)12-5-7-1-3-8(4-2-7)10(15)16/h1-5H,6H2,(H,15,16)/b12-5-. The Morgan fingerprint density at radius 1 is 1.44 bits per heavy atom. The summed E-state index contributed by atoms with van der Waals surface area (Å²) in [6.45, 7) is 0. The van der Waals surface area contributed by atoms with Gasteiger partial charge in [0.2, 0.25) is 0 Å². The number of carboxylic acid groups (broad SMARTS) is 1. The van der Waals surface area contributed by atoms with Gasteiger partial charge in [-0.1, -0.05) is 36.1 Å². The lowest BCUT2D eigenvalue weighted by Gasteiger charge is -2.06. The highest BCUT2D eigenvalue weighted by atomic mass is 32.2. The second-order valence-corrected chi connectivity index (χ2v) is 5.04. The Morgan fingerprint density at radius 3 is 2.61 bits per heavy atom. The molecule has 1 N–H and O–H groups in total. The van der Waals surface area contributed by atoms with E-state index in [9.17, 15) is 9.59 Å². The number of thioether (sulfide) groups is 1. The number of rotatable bonds is 3. The number of carbonyl (C=O) groups is 2. The summed E-state index contributed by atoms with van der Waals surface area (Å²) in [7, 11) is 0. The monoisotopic (exact) mass is 280 g/mol. The van der Waals surface area contributed by atoms with Crippen molar-refractivity contribution < 1.29 is 14.7 Å². The van der Waals surface area contributed by atoms with Crippen LogP contribution in [0.15, 0.2) is 29.4 Å². The van der Waals surface area contributed by atoms with Crippen LogP contribution in [0.3, 0.4) is 0 Å². The molecule has 1 aliphatic heterocycles. The van der Waals surface area contributed by atoms with Crippen LogP contribution in [0.5, 0.6) is 0 Å². The van der Waals surface area contributed by atoms with Crippen LogP contribution < -0.4 is 0 Å². The van der Waals surface area contributed by atoms with E-state index in [4.69, 9.17) is 17.3 Å². The van der Waals surface area contributed by atoms with E-state index in [1.165, 1.54) is 35.1 Å². The minimum absolute atomic E-state index is 0.150. The minimum atomic E-state index is -0.981. The SMILES string of the molecule is O=C(O)c1ccc(/C=N\N2C(=O)CSC2=S)cc1. The highest BCUT2D eigenvalue weighted by molar-refractivity contribution is 8.23. The van der Waals surface area contributed by atoms with Crippen molar-refractivity contribution in [2.24, 2.45) is 5.10 Å². The topological polar surface area (TPSA) is 70.0 Å². The quantitative estimate of drug-likeness (QED) is 0.672. The van der Waals surface area contributed by atoms with Crippen molar-refractivity contribution in [3.63, 3.8) is 0 Å². The third-order valence-corrected chi connectivity index (χ3v) is 3.55. The van der Waals surface area contributed by atoms with Crippen LogP contribution in [0.1, 0.15) is 15.9 Å². The average Bonchev–Trinajstić information content (AvgIpc) is 2.67. The van der Waals surface area contributed by atoms with Crippen molar-refractivity contribution in [3.8, 4) is 0 Å². The molecule has 0 spiro atoms. The first-order valence-corrected chi connectivity index (χ1v) is 6.34. The molecule has 18 heavy (non-hydrogen) atoms. The summed E-state index contributed by atoms with van der Waals surface area (Å²) in [6.07, 6.45) is 1.47. The van der Waals surface area contributed by atoms with Crippen LogP contribution in [0.25, 0.3) is 0 Å². The summed E-state index contributed by atoms with van der Waals surface area (Å²) < 4.78 is 0.429. The molecule has 0 saturated carbocycles. The van der Waals surface area contributed by atoms with Crippen LogP contribution >= 0.6 is 24.0 Å². The zero-order valence-electron chi connectivity index (χ0n) is 9.07. The summed E-state index contributed by atoms with van der Waals surface area (Å²) in [4.78, 5) is 22.0. The molecule has 0 aliphatic carbocycles. The van der Waals surface area contributed by atoms with Gasteiger partial charge in [0.15, 0.2) is 4.32 Å². The van der Waals surface area contributed by atoms with E-state index in [2.05, 4.69) is 5.10 Å². The summed E-state index contributed by atoms with van der Waals surface area (Å²) in [6, 6.07) is 6.18. The number of amides is 1. The molecule has 92 valence electrons. The molecule has 1 saturated heterocycles. The predicted octanol–water partition coefficient (Wildman–Crippen LogP) is 1.58. The number of hydrogen-bond acceptors (Lipinski definition) is 5. The number of hydrogen-bond donors (Lipinski definition) is 1. The van der Waals surface area contributed by atoms with Crippen molar-refractivity contribution in [3.05, 3.63) is 35.4 Å². The van der Waals surface area contributed by atoms with Crippen molar-refractivity contribution in [2.75, 3.05) is 5.75 Å². The van der Waals surface area contributed by atoms with E-state index in [1.54, 1.807) is 12.1 Å². The van der Waals surface area contributed by atoms with Gasteiger partial charge in [-0.25, -0.2) is 4.79 Å². The number of thiocarbonyl (C=S) groups is 1. The Balaban J connectivity index is 2.11. The van der Waals surface area contributed by atoms with E-state index in [0.29, 0.717) is 15.6 Å². The molecule has 1 aliphatic rings. The molecular weight excluding hydrogens is 272 g/mol. The van der Waals surface area contributed by atoms with E-state index in [0.717, 1.165) is 0 Å². The smallest absolute Gasteiger partial charge is 0.335 e. The molecule has 5 nitrogen and oxygen atoms in total. The van der Waals surface area contributed by atoms with Gasteiger partial charge in [-0.15, -0.1) is 0 Å². The highest BCUT2D eigenvalue weighted by Crippen LogP contribution is 2.19. The molecule has 0 radical (unpaired) electrons. The molecule has 1 aromatic rings. The minimum Gasteiger partial charge on any atom is -0.478 e. The average molecular weight is 280 g/mol. The maximum absolute atomic E-state index is 11.4. The van der Waals surface area contributed by atoms with Crippen molar-refractivity contribution in [2.45, 2.75) is 0 Å². The van der Waals surface area contributed by atoms with Crippen molar-refractivity contribution in [1.82, 2.24) is 5.01 Å². The first kappa shape index (κ1) is 12.7. The van der Waals surface area contributed by atoms with Gasteiger partial charge in [-0.05, 0) is 17.7 Å². The molecule has 0 aromatic heterocycles. The van der Waals surface area contributed by atoms with Crippen LogP contribution in [-0.2, 0) is 4.79 Å². The molecule has 1 heterocycles. The van der Waals surface area contributed by atoms with Crippen LogP contribution in [0, 0.1) is 0 Å². The van der Waals surface area contributed by atoms with Gasteiger partial charge in [-0.2, -0.15) is 10.1 Å². The lowest BCUT2D eigenvalue weighted by atomic mass is 10.1. The second kappa shape index (κ2) is 5.28. The normalized spacial score (nSPS) is 15.7. The highest BCUT2D eigenvalue weighted by Gasteiger charge is 2.25. The van der Waals surface area contributed by atoms with Gasteiger partial charge < -0.3 is 5.11 Å². The first-order chi connectivity index (χ1) is 8.58. The zero-order chi connectivity index (χ0) is 13.1. The Morgan fingerprint density at radius 2 is 2.11 bits per heavy atom. The molecule has 1 aromatic carbocycles. The molecule has 0 bridgehead atoms. The van der Waals surface area contributed by atoms with E-state index < -0.39 is 5.97 Å². The molecular formula is C11H8N2O3S2. The maximum Gasteiger partial charge on any atom is 0.335 e. The summed E-state index contributed by atoms with van der Waals surface area (Å²) >= 11 is 6.24. The predicted molar refractivity (Wildman–Crippen MR) is 72.9 cm³/mol. The Labute approximate surface area is 112 Å². The van der Waals surface area contributed by atoms with Gasteiger partial charge in [-0.3, -0.25) is 4.79 Å². The fraction of sp³-hybridized carbons (Fsp3) is 0.0909. The molecule has 7 heteroatoms. The largest absolute Gasteiger partial charge is 0.478 e. The summed E-state index contributed by atoms with van der Waals surface area (Å²) in [5.74, 6) is -0.817. The number of carboxylic acids is 1. The summed E-state index contributed by atoms with van der Waals surface area (Å²) in [5.41, 5.74) is 0.906. The van der Waals surface area contributed by atoms with Crippen LogP contribution in [-0.4, -0.2) is 38.3 Å². The van der Waals surface area contributed by atoms with Gasteiger partial charge in [0.1, 0.15) is 0 Å². The molecule has 1 amide bonds. The number of carbonyl (C=O) groups excluding carboxylic acids is 1. The first-order valence-electron chi connectivity index (χ1n) is 4.95. The summed E-state index contributed by atoms with van der Waals surface area (Å²) in [5, 5.41) is 13.9. The Kier molecular flexibility index (Phi) is 3.73. The number of nitrogens with zero attached hydrogens (tertiary/aromatic N) is 2. The van der Waals surface area contributed by atoms with Crippen molar-refractivity contribution >= 4 is 46.4 Å². The lowest BCUT2D eigenvalue weighted by Crippen LogP contribution is -2.22. The Hall–Kier alpha value is -1.73. The number of hydrazone groups is 1. The molecule has 1 fully saturated rings. The third-order valence-electron chi connectivity index (χ3n) is 2.21. The van der Waals surface area contributed by atoms with E-state index in [-0.39, 0.29) is 11.5 Å². The Bertz CT molecular complexity index is 524. The van der Waals surface area contributed by atoms with Crippen LogP contribution in [0.2, 0.25) is 0 Å². The van der Waals surface area contributed by atoms with Gasteiger partial charge in [0.05, 0.1) is 17.5 Å². The second-order valence-electron chi connectivity index (χ2n) is 3.43. The third kappa shape index (κ3) is 2.74. The van der Waals surface area contributed by atoms with E-state index >= 15 is 0 Å². The maximum atomic E-state index is 11.4. The van der Waals surface area contributed by atoms with Crippen LogP contribution in [0.4, 0.5) is 0 Å². The van der Waals surface area contributed by atoms with Gasteiger partial charge in [0.25, 0.3) is 5.91 Å². The molecule has 0 unspecified atom stereocenters. The zero-order valence-corrected chi connectivity index (χ0v) is 10.7. The fourth-order valence-corrected chi connectivity index (χ4v) is 2.26. The molecule has 0 atom stereocenters. The lowest BCUT2D eigenvalue weighted by molar-refractivity contribution is -0.123. The van der Waals surface area contributed by atoms with Gasteiger partial charge >= 0.3 is 5.97 Å². The number of benzene rings is 1. The van der Waals surface area contributed by atoms with Gasteiger partial charge in [0, 0.05) is 0 Å².